The molecule has 0 saturated carbocycles. The van der Waals surface area contributed by atoms with Gasteiger partial charge in [-0.15, -0.1) is 0 Å². The Morgan fingerprint density at radius 3 is 2.71 bits per heavy atom. The third kappa shape index (κ3) is 1.18. The summed E-state index contributed by atoms with van der Waals surface area (Å²) < 4.78 is 0. The number of carbonyl (C=O) groups is 1. The maximum atomic E-state index is 12.0. The lowest BCUT2D eigenvalue weighted by Gasteiger charge is -2.52. The van der Waals surface area contributed by atoms with Gasteiger partial charge in [0.2, 0.25) is 5.91 Å². The second-order valence-electron chi connectivity index (χ2n) is 4.95. The van der Waals surface area contributed by atoms with Crippen molar-refractivity contribution in [3.8, 4) is 0 Å². The second-order valence-corrected chi connectivity index (χ2v) is 4.95. The van der Waals surface area contributed by atoms with Crippen LogP contribution in [0.4, 0.5) is 0 Å². The molecule has 0 aliphatic carbocycles. The SMILES string of the molecule is CC(C)C(=O)N1CCCC12CNC2C. The minimum absolute atomic E-state index is 0.137. The largest absolute Gasteiger partial charge is 0.334 e. The summed E-state index contributed by atoms with van der Waals surface area (Å²) in [5.41, 5.74) is 0.168. The average molecular weight is 196 g/mol. The van der Waals surface area contributed by atoms with Crippen LogP contribution in [0.5, 0.6) is 0 Å². The van der Waals surface area contributed by atoms with Gasteiger partial charge in [0.25, 0.3) is 0 Å². The smallest absolute Gasteiger partial charge is 0.225 e. The summed E-state index contributed by atoms with van der Waals surface area (Å²) in [6.45, 7) is 8.13. The molecule has 80 valence electrons. The van der Waals surface area contributed by atoms with Crippen LogP contribution in [0.25, 0.3) is 0 Å². The third-order valence-corrected chi connectivity index (χ3v) is 3.81. The predicted molar refractivity (Wildman–Crippen MR) is 56.0 cm³/mol. The molecule has 0 aromatic carbocycles. The Morgan fingerprint density at radius 1 is 1.57 bits per heavy atom. The first-order chi connectivity index (χ1) is 6.58. The zero-order chi connectivity index (χ0) is 10.3. The molecule has 2 atom stereocenters. The molecule has 1 amide bonds. The van der Waals surface area contributed by atoms with Gasteiger partial charge in [0.1, 0.15) is 0 Å². The Labute approximate surface area is 85.8 Å². The van der Waals surface area contributed by atoms with Crippen molar-refractivity contribution >= 4 is 5.91 Å². The molecule has 2 aliphatic heterocycles. The van der Waals surface area contributed by atoms with Crippen molar-refractivity contribution < 1.29 is 4.79 Å². The maximum absolute atomic E-state index is 12.0. The summed E-state index contributed by atoms with van der Waals surface area (Å²) in [7, 11) is 0. The maximum Gasteiger partial charge on any atom is 0.225 e. The minimum atomic E-state index is 0.137. The average Bonchev–Trinajstić information content (AvgIpc) is 2.60. The monoisotopic (exact) mass is 196 g/mol. The Hall–Kier alpha value is -0.570. The summed E-state index contributed by atoms with van der Waals surface area (Å²) in [5, 5.41) is 3.37. The van der Waals surface area contributed by atoms with Gasteiger partial charge in [-0.3, -0.25) is 4.79 Å². The predicted octanol–water partition coefficient (Wildman–Crippen LogP) is 0.995. The van der Waals surface area contributed by atoms with Crippen molar-refractivity contribution in [2.45, 2.75) is 45.2 Å². The van der Waals surface area contributed by atoms with Crippen molar-refractivity contribution in [3.63, 3.8) is 0 Å². The third-order valence-electron chi connectivity index (χ3n) is 3.81. The van der Waals surface area contributed by atoms with Gasteiger partial charge < -0.3 is 10.2 Å². The van der Waals surface area contributed by atoms with E-state index in [0.717, 1.165) is 13.1 Å². The Morgan fingerprint density at radius 2 is 2.29 bits per heavy atom. The molecule has 2 unspecified atom stereocenters. The fraction of sp³-hybridized carbons (Fsp3) is 0.909. The molecule has 2 saturated heterocycles. The van der Waals surface area contributed by atoms with Crippen LogP contribution in [0, 0.1) is 5.92 Å². The molecule has 2 aliphatic rings. The quantitative estimate of drug-likeness (QED) is 0.678. The van der Waals surface area contributed by atoms with Gasteiger partial charge in [0, 0.05) is 25.0 Å². The van der Waals surface area contributed by atoms with Crippen molar-refractivity contribution in [3.05, 3.63) is 0 Å². The molecular weight excluding hydrogens is 176 g/mol. The zero-order valence-corrected chi connectivity index (χ0v) is 9.34. The molecule has 0 aromatic heterocycles. The van der Waals surface area contributed by atoms with Crippen LogP contribution in [0.15, 0.2) is 0 Å². The summed E-state index contributed by atoms with van der Waals surface area (Å²) >= 11 is 0. The van der Waals surface area contributed by atoms with E-state index in [4.69, 9.17) is 0 Å². The highest BCUT2D eigenvalue weighted by Gasteiger charge is 2.52. The molecule has 2 heterocycles. The first-order valence-corrected chi connectivity index (χ1v) is 5.63. The van der Waals surface area contributed by atoms with Crippen molar-refractivity contribution in [2.24, 2.45) is 5.92 Å². The van der Waals surface area contributed by atoms with Crippen molar-refractivity contribution in [1.82, 2.24) is 10.2 Å². The van der Waals surface area contributed by atoms with Crippen LogP contribution in [0.3, 0.4) is 0 Å². The number of amides is 1. The van der Waals surface area contributed by atoms with Crippen molar-refractivity contribution in [1.29, 1.82) is 0 Å². The molecule has 1 spiro atoms. The number of hydrogen-bond donors (Lipinski definition) is 1. The standard InChI is InChI=1S/C11H20N2O/c1-8(2)10(14)13-6-4-5-11(13)7-12-9(11)3/h8-9,12H,4-7H2,1-3H3. The minimum Gasteiger partial charge on any atom is -0.334 e. The molecule has 0 aromatic rings. The van der Waals surface area contributed by atoms with E-state index in [1.54, 1.807) is 0 Å². The van der Waals surface area contributed by atoms with E-state index < -0.39 is 0 Å². The molecule has 14 heavy (non-hydrogen) atoms. The second kappa shape index (κ2) is 3.23. The Bertz CT molecular complexity index is 252. The van der Waals surface area contributed by atoms with Gasteiger partial charge in [0.15, 0.2) is 0 Å². The Balaban J connectivity index is 2.15. The molecule has 1 N–H and O–H groups in total. The van der Waals surface area contributed by atoms with Gasteiger partial charge in [-0.2, -0.15) is 0 Å². The number of nitrogens with one attached hydrogen (secondary N) is 1. The zero-order valence-electron chi connectivity index (χ0n) is 9.34. The summed E-state index contributed by atoms with van der Waals surface area (Å²) in [5.74, 6) is 0.466. The first kappa shape index (κ1) is 9.97. The van der Waals surface area contributed by atoms with E-state index in [9.17, 15) is 4.79 Å². The number of carbonyl (C=O) groups excluding carboxylic acids is 1. The van der Waals surface area contributed by atoms with Crippen molar-refractivity contribution in [2.75, 3.05) is 13.1 Å². The lowest BCUT2D eigenvalue weighted by molar-refractivity contribution is -0.142. The van der Waals surface area contributed by atoms with E-state index >= 15 is 0 Å². The van der Waals surface area contributed by atoms with Crippen LogP contribution < -0.4 is 5.32 Å². The number of rotatable bonds is 1. The van der Waals surface area contributed by atoms with Crippen LogP contribution >= 0.6 is 0 Å². The highest BCUT2D eigenvalue weighted by molar-refractivity contribution is 5.79. The molecule has 2 rings (SSSR count). The number of likely N-dealkylation sites (tertiary alicyclic amines) is 1. The lowest BCUT2D eigenvalue weighted by atomic mass is 9.80. The molecule has 2 fully saturated rings. The van der Waals surface area contributed by atoms with Gasteiger partial charge in [-0.1, -0.05) is 13.8 Å². The lowest BCUT2D eigenvalue weighted by Crippen LogP contribution is -2.73. The molecule has 0 radical (unpaired) electrons. The van der Waals surface area contributed by atoms with Gasteiger partial charge in [-0.05, 0) is 19.8 Å². The van der Waals surface area contributed by atoms with Crippen LogP contribution in [0.2, 0.25) is 0 Å². The van der Waals surface area contributed by atoms with E-state index in [2.05, 4.69) is 17.1 Å². The first-order valence-electron chi connectivity index (χ1n) is 5.63. The van der Waals surface area contributed by atoms with Gasteiger partial charge >= 0.3 is 0 Å². The fourth-order valence-corrected chi connectivity index (χ4v) is 2.72. The van der Waals surface area contributed by atoms with Crippen LogP contribution in [0.1, 0.15) is 33.6 Å². The van der Waals surface area contributed by atoms with Gasteiger partial charge in [0.05, 0.1) is 5.54 Å². The highest BCUT2D eigenvalue weighted by Crippen LogP contribution is 2.37. The van der Waals surface area contributed by atoms with Crippen LogP contribution in [-0.4, -0.2) is 35.5 Å². The Kier molecular flexibility index (Phi) is 2.30. The van der Waals surface area contributed by atoms with E-state index in [-0.39, 0.29) is 11.5 Å². The summed E-state index contributed by atoms with van der Waals surface area (Å²) in [6, 6.07) is 0.479. The van der Waals surface area contributed by atoms with Crippen LogP contribution in [-0.2, 0) is 4.79 Å². The van der Waals surface area contributed by atoms with E-state index in [1.165, 1.54) is 12.8 Å². The van der Waals surface area contributed by atoms with E-state index in [1.807, 2.05) is 13.8 Å². The normalized spacial score (nSPS) is 36.6. The highest BCUT2D eigenvalue weighted by atomic mass is 16.2. The number of hydrogen-bond acceptors (Lipinski definition) is 2. The summed E-state index contributed by atoms with van der Waals surface area (Å²) in [4.78, 5) is 14.1. The molecule has 0 bridgehead atoms. The van der Waals surface area contributed by atoms with E-state index in [0.29, 0.717) is 11.9 Å². The molecule has 3 nitrogen and oxygen atoms in total. The topological polar surface area (TPSA) is 32.3 Å². The molecular formula is C11H20N2O. The molecule has 3 heteroatoms. The number of nitrogens with zero attached hydrogens (tertiary/aromatic N) is 1. The summed E-state index contributed by atoms with van der Waals surface area (Å²) in [6.07, 6.45) is 2.35. The van der Waals surface area contributed by atoms with Gasteiger partial charge in [-0.25, -0.2) is 0 Å². The fourth-order valence-electron chi connectivity index (χ4n) is 2.72.